The molecule has 0 aromatic heterocycles. The monoisotopic (exact) mass is 315 g/mol. The van der Waals surface area contributed by atoms with Gasteiger partial charge in [-0.05, 0) is 38.2 Å². The molecular weight excluding hydrogens is 290 g/mol. The molecule has 1 aliphatic carbocycles. The standard InChI is InChI=1S/C18H25N3O2/c1-13-4-6-14(7-5-13)11-19-17(22)15-3-2-10-21(12-15)18(23)20-16-8-9-16/h4-7,15-16H,2-3,8-12H2,1H3,(H,19,22)(H,20,23). The van der Waals surface area contributed by atoms with Gasteiger partial charge in [0.05, 0.1) is 5.92 Å². The van der Waals surface area contributed by atoms with Crippen LogP contribution in [-0.2, 0) is 11.3 Å². The Balaban J connectivity index is 1.48. The van der Waals surface area contributed by atoms with Crippen LogP contribution in [0.2, 0.25) is 0 Å². The Kier molecular flexibility index (Phi) is 4.84. The van der Waals surface area contributed by atoms with E-state index in [9.17, 15) is 9.59 Å². The number of hydrogen-bond donors (Lipinski definition) is 2. The maximum atomic E-state index is 12.4. The molecule has 5 nitrogen and oxygen atoms in total. The molecular formula is C18H25N3O2. The summed E-state index contributed by atoms with van der Waals surface area (Å²) in [4.78, 5) is 26.3. The van der Waals surface area contributed by atoms with E-state index < -0.39 is 0 Å². The summed E-state index contributed by atoms with van der Waals surface area (Å²) in [5.74, 6) is -0.0475. The average molecular weight is 315 g/mol. The van der Waals surface area contributed by atoms with Crippen LogP contribution in [0.1, 0.15) is 36.8 Å². The maximum Gasteiger partial charge on any atom is 0.317 e. The molecule has 1 saturated carbocycles. The fraction of sp³-hybridized carbons (Fsp3) is 0.556. The topological polar surface area (TPSA) is 61.4 Å². The van der Waals surface area contributed by atoms with Crippen LogP contribution in [0.5, 0.6) is 0 Å². The number of carbonyl (C=O) groups excluding carboxylic acids is 2. The Morgan fingerprint density at radius 2 is 1.91 bits per heavy atom. The number of benzene rings is 1. The predicted molar refractivity (Wildman–Crippen MR) is 88.9 cm³/mol. The van der Waals surface area contributed by atoms with Crippen molar-refractivity contribution in [2.45, 2.75) is 45.2 Å². The second-order valence-corrected chi connectivity index (χ2v) is 6.71. The van der Waals surface area contributed by atoms with Gasteiger partial charge in [0, 0.05) is 25.7 Å². The highest BCUT2D eigenvalue weighted by molar-refractivity contribution is 5.81. The third-order valence-electron chi connectivity index (χ3n) is 4.57. The Hall–Kier alpha value is -2.04. The number of rotatable bonds is 4. The molecule has 23 heavy (non-hydrogen) atoms. The predicted octanol–water partition coefficient (Wildman–Crippen LogP) is 2.20. The first-order chi connectivity index (χ1) is 11.1. The third-order valence-corrected chi connectivity index (χ3v) is 4.57. The lowest BCUT2D eigenvalue weighted by Crippen LogP contribution is -2.49. The third kappa shape index (κ3) is 4.47. The lowest BCUT2D eigenvalue weighted by Gasteiger charge is -2.32. The van der Waals surface area contributed by atoms with E-state index in [0.29, 0.717) is 19.1 Å². The van der Waals surface area contributed by atoms with Crippen LogP contribution in [0.15, 0.2) is 24.3 Å². The molecule has 1 heterocycles. The molecule has 2 fully saturated rings. The van der Waals surface area contributed by atoms with Crippen molar-refractivity contribution in [3.05, 3.63) is 35.4 Å². The van der Waals surface area contributed by atoms with Crippen LogP contribution in [-0.4, -0.2) is 36.0 Å². The molecule has 1 aromatic carbocycles. The Morgan fingerprint density at radius 3 is 2.61 bits per heavy atom. The highest BCUT2D eigenvalue weighted by Gasteiger charge is 2.31. The zero-order chi connectivity index (χ0) is 16.2. The minimum Gasteiger partial charge on any atom is -0.352 e. The number of nitrogens with one attached hydrogen (secondary N) is 2. The second-order valence-electron chi connectivity index (χ2n) is 6.71. The van der Waals surface area contributed by atoms with Gasteiger partial charge in [-0.25, -0.2) is 4.79 Å². The maximum absolute atomic E-state index is 12.4. The quantitative estimate of drug-likeness (QED) is 0.895. The summed E-state index contributed by atoms with van der Waals surface area (Å²) in [5.41, 5.74) is 2.31. The molecule has 2 N–H and O–H groups in total. The highest BCUT2D eigenvalue weighted by Crippen LogP contribution is 2.21. The van der Waals surface area contributed by atoms with Crippen LogP contribution < -0.4 is 10.6 Å². The van der Waals surface area contributed by atoms with Gasteiger partial charge < -0.3 is 15.5 Å². The van der Waals surface area contributed by atoms with Crippen molar-refractivity contribution >= 4 is 11.9 Å². The fourth-order valence-corrected chi connectivity index (χ4v) is 2.91. The minimum absolute atomic E-state index is 0.0106. The van der Waals surface area contributed by atoms with E-state index >= 15 is 0 Å². The normalized spacial score (nSPS) is 20.9. The molecule has 124 valence electrons. The number of amides is 3. The van der Waals surface area contributed by atoms with Gasteiger partial charge in [0.15, 0.2) is 0 Å². The van der Waals surface area contributed by atoms with Gasteiger partial charge in [0.2, 0.25) is 5.91 Å². The Morgan fingerprint density at radius 1 is 1.17 bits per heavy atom. The molecule has 0 bridgehead atoms. The Labute approximate surface area is 137 Å². The number of aryl methyl sites for hydroxylation is 1. The first kappa shape index (κ1) is 15.8. The number of carbonyl (C=O) groups is 2. The molecule has 0 radical (unpaired) electrons. The van der Waals surface area contributed by atoms with Crippen molar-refractivity contribution in [2.75, 3.05) is 13.1 Å². The van der Waals surface area contributed by atoms with Crippen LogP contribution >= 0.6 is 0 Å². The number of hydrogen-bond acceptors (Lipinski definition) is 2. The van der Waals surface area contributed by atoms with Gasteiger partial charge in [-0.15, -0.1) is 0 Å². The van der Waals surface area contributed by atoms with Gasteiger partial charge in [0.1, 0.15) is 0 Å². The van der Waals surface area contributed by atoms with E-state index in [-0.39, 0.29) is 17.9 Å². The minimum atomic E-state index is -0.0980. The molecule has 1 aliphatic heterocycles. The number of piperidine rings is 1. The van der Waals surface area contributed by atoms with E-state index in [4.69, 9.17) is 0 Å². The second kappa shape index (κ2) is 7.02. The largest absolute Gasteiger partial charge is 0.352 e. The van der Waals surface area contributed by atoms with Crippen LogP contribution in [0.25, 0.3) is 0 Å². The van der Waals surface area contributed by atoms with Gasteiger partial charge in [-0.1, -0.05) is 29.8 Å². The van der Waals surface area contributed by atoms with Crippen molar-refractivity contribution in [1.29, 1.82) is 0 Å². The van der Waals surface area contributed by atoms with E-state index in [1.165, 1.54) is 5.56 Å². The SMILES string of the molecule is Cc1ccc(CNC(=O)C2CCCN(C(=O)NC3CC3)C2)cc1. The summed E-state index contributed by atoms with van der Waals surface area (Å²) in [6.45, 7) is 3.87. The summed E-state index contributed by atoms with van der Waals surface area (Å²) in [7, 11) is 0. The molecule has 1 aromatic rings. The molecule has 0 spiro atoms. The van der Waals surface area contributed by atoms with Gasteiger partial charge in [-0.3, -0.25) is 4.79 Å². The summed E-state index contributed by atoms with van der Waals surface area (Å²) in [5, 5.41) is 6.00. The van der Waals surface area contributed by atoms with Gasteiger partial charge in [-0.2, -0.15) is 0 Å². The summed E-state index contributed by atoms with van der Waals surface area (Å²) < 4.78 is 0. The molecule has 1 saturated heterocycles. The summed E-state index contributed by atoms with van der Waals surface area (Å²) in [6.07, 6.45) is 3.91. The van der Waals surface area contributed by atoms with Crippen molar-refractivity contribution in [1.82, 2.24) is 15.5 Å². The van der Waals surface area contributed by atoms with E-state index in [1.54, 1.807) is 4.90 Å². The lowest BCUT2D eigenvalue weighted by atomic mass is 9.97. The molecule has 1 unspecified atom stereocenters. The molecule has 1 atom stereocenters. The first-order valence-corrected chi connectivity index (χ1v) is 8.50. The zero-order valence-corrected chi connectivity index (χ0v) is 13.7. The number of urea groups is 1. The Bertz CT molecular complexity index is 566. The molecule has 2 aliphatic rings. The van der Waals surface area contributed by atoms with Gasteiger partial charge in [0.25, 0.3) is 0 Å². The number of nitrogens with zero attached hydrogens (tertiary/aromatic N) is 1. The fourth-order valence-electron chi connectivity index (χ4n) is 2.91. The summed E-state index contributed by atoms with van der Waals surface area (Å²) >= 11 is 0. The van der Waals surface area contributed by atoms with E-state index in [0.717, 1.165) is 37.8 Å². The van der Waals surface area contributed by atoms with Crippen molar-refractivity contribution in [3.8, 4) is 0 Å². The lowest BCUT2D eigenvalue weighted by molar-refractivity contribution is -0.126. The molecule has 3 rings (SSSR count). The van der Waals surface area contributed by atoms with E-state index in [2.05, 4.69) is 10.6 Å². The highest BCUT2D eigenvalue weighted by atomic mass is 16.2. The zero-order valence-electron chi connectivity index (χ0n) is 13.7. The molecule has 5 heteroatoms. The first-order valence-electron chi connectivity index (χ1n) is 8.50. The van der Waals surface area contributed by atoms with Crippen molar-refractivity contribution in [2.24, 2.45) is 5.92 Å². The van der Waals surface area contributed by atoms with Gasteiger partial charge >= 0.3 is 6.03 Å². The van der Waals surface area contributed by atoms with Crippen molar-refractivity contribution in [3.63, 3.8) is 0 Å². The van der Waals surface area contributed by atoms with Crippen LogP contribution in [0.4, 0.5) is 4.79 Å². The molecule has 3 amide bonds. The summed E-state index contributed by atoms with van der Waals surface area (Å²) in [6, 6.07) is 8.51. The van der Waals surface area contributed by atoms with Crippen LogP contribution in [0.3, 0.4) is 0 Å². The number of likely N-dealkylation sites (tertiary alicyclic amines) is 1. The van der Waals surface area contributed by atoms with Crippen molar-refractivity contribution < 1.29 is 9.59 Å². The van der Waals surface area contributed by atoms with E-state index in [1.807, 2.05) is 31.2 Å². The smallest absolute Gasteiger partial charge is 0.317 e. The van der Waals surface area contributed by atoms with Crippen LogP contribution in [0, 0.1) is 12.8 Å². The average Bonchev–Trinajstić information content (AvgIpc) is 3.38.